The molecule has 10 nitrogen and oxygen atoms in total. The van der Waals surface area contributed by atoms with Gasteiger partial charge in [-0.1, -0.05) is 11.6 Å². The van der Waals surface area contributed by atoms with E-state index in [0.717, 1.165) is 5.56 Å². The molecular formula is C22H19ClN6O4S. The topological polar surface area (TPSA) is 128 Å². The van der Waals surface area contributed by atoms with Crippen molar-refractivity contribution < 1.29 is 17.9 Å². The third-order valence-electron chi connectivity index (χ3n) is 4.58. The summed E-state index contributed by atoms with van der Waals surface area (Å²) in [5.41, 5.74) is 1.47. The molecule has 0 fully saturated rings. The van der Waals surface area contributed by atoms with Gasteiger partial charge in [0.2, 0.25) is 5.95 Å². The van der Waals surface area contributed by atoms with Crippen LogP contribution in [0.25, 0.3) is 0 Å². The Morgan fingerprint density at radius 3 is 2.53 bits per heavy atom. The zero-order chi connectivity index (χ0) is 24.1. The number of carbonyl (C=O) groups is 1. The average Bonchev–Trinajstić information content (AvgIpc) is 3.29. The van der Waals surface area contributed by atoms with Crippen molar-refractivity contribution in [3.05, 3.63) is 89.5 Å². The Kier molecular flexibility index (Phi) is 6.75. The molecule has 2 heterocycles. The van der Waals surface area contributed by atoms with Crippen molar-refractivity contribution in [2.75, 3.05) is 10.0 Å². The van der Waals surface area contributed by atoms with Crippen LogP contribution in [0, 0.1) is 6.92 Å². The molecule has 0 saturated carbocycles. The van der Waals surface area contributed by atoms with Gasteiger partial charge in [0, 0.05) is 29.3 Å². The summed E-state index contributed by atoms with van der Waals surface area (Å²) in [7, 11) is -3.87. The van der Waals surface area contributed by atoms with Gasteiger partial charge in [-0.15, -0.1) is 0 Å². The van der Waals surface area contributed by atoms with E-state index in [0.29, 0.717) is 16.5 Å². The summed E-state index contributed by atoms with van der Waals surface area (Å²) in [5, 5.41) is 7.51. The van der Waals surface area contributed by atoms with Gasteiger partial charge in [-0.2, -0.15) is 5.10 Å². The molecule has 4 rings (SSSR count). The molecule has 0 aliphatic carbocycles. The van der Waals surface area contributed by atoms with Crippen molar-refractivity contribution >= 4 is 39.2 Å². The number of carbonyl (C=O) groups excluding carboxylic acids is 1. The highest BCUT2D eigenvalue weighted by Gasteiger charge is 2.16. The number of anilines is 2. The van der Waals surface area contributed by atoms with Crippen LogP contribution in [-0.2, 0) is 16.8 Å². The molecule has 0 bridgehead atoms. The molecule has 0 aliphatic rings. The van der Waals surface area contributed by atoms with E-state index >= 15 is 0 Å². The van der Waals surface area contributed by atoms with Gasteiger partial charge in [0.15, 0.2) is 12.4 Å². The molecule has 1 amide bonds. The Morgan fingerprint density at radius 1 is 1.09 bits per heavy atom. The Balaban J connectivity index is 1.36. The van der Waals surface area contributed by atoms with Crippen LogP contribution in [0.5, 0.6) is 5.75 Å². The van der Waals surface area contributed by atoms with Crippen molar-refractivity contribution in [2.45, 2.75) is 18.6 Å². The van der Waals surface area contributed by atoms with E-state index in [1.165, 1.54) is 41.3 Å². The Bertz CT molecular complexity index is 1410. The number of rotatable bonds is 8. The highest BCUT2D eigenvalue weighted by Crippen LogP contribution is 2.22. The number of hydrogen-bond acceptors (Lipinski definition) is 7. The SMILES string of the molecule is Cc1cc(Cl)ccc1OCn1ccc(C(=O)Nc2ccc(S(=O)(=O)Nc3ncccn3)cc2)n1. The second-order valence-corrected chi connectivity index (χ2v) is 9.20. The number of benzene rings is 2. The summed E-state index contributed by atoms with van der Waals surface area (Å²) in [6.45, 7) is 1.99. The number of amides is 1. The molecule has 0 saturated heterocycles. The van der Waals surface area contributed by atoms with Crippen LogP contribution in [0.3, 0.4) is 0 Å². The predicted molar refractivity (Wildman–Crippen MR) is 126 cm³/mol. The highest BCUT2D eigenvalue weighted by molar-refractivity contribution is 7.92. The molecule has 12 heteroatoms. The Morgan fingerprint density at radius 2 is 1.82 bits per heavy atom. The summed E-state index contributed by atoms with van der Waals surface area (Å²) < 4.78 is 34.4. The quantitative estimate of drug-likeness (QED) is 0.379. The smallest absolute Gasteiger partial charge is 0.276 e. The lowest BCUT2D eigenvalue weighted by Gasteiger charge is -2.09. The summed E-state index contributed by atoms with van der Waals surface area (Å²) in [5.74, 6) is 0.174. The molecule has 2 N–H and O–H groups in total. The number of halogens is 1. The van der Waals surface area contributed by atoms with E-state index < -0.39 is 15.9 Å². The molecule has 2 aromatic carbocycles. The van der Waals surface area contributed by atoms with E-state index in [4.69, 9.17) is 16.3 Å². The van der Waals surface area contributed by atoms with Gasteiger partial charge in [0.25, 0.3) is 15.9 Å². The van der Waals surface area contributed by atoms with Gasteiger partial charge in [0.05, 0.1) is 4.90 Å². The predicted octanol–water partition coefficient (Wildman–Crippen LogP) is 3.72. The molecular weight excluding hydrogens is 480 g/mol. The molecule has 0 atom stereocenters. The summed E-state index contributed by atoms with van der Waals surface area (Å²) in [4.78, 5) is 20.2. The fourth-order valence-electron chi connectivity index (χ4n) is 2.91. The Labute approximate surface area is 200 Å². The summed E-state index contributed by atoms with van der Waals surface area (Å²) in [6.07, 6.45) is 4.47. The van der Waals surface area contributed by atoms with Crippen LogP contribution in [-0.4, -0.2) is 34.1 Å². The number of nitrogens with zero attached hydrogens (tertiary/aromatic N) is 4. The standard InChI is InChI=1S/C22H19ClN6O4S/c1-15-13-16(23)3-8-20(15)33-14-29-12-9-19(27-29)21(30)26-17-4-6-18(7-5-17)34(31,32)28-22-24-10-2-11-25-22/h2-13H,14H2,1H3,(H,26,30)(H,24,25,28). The maximum absolute atomic E-state index is 12.5. The van der Waals surface area contributed by atoms with E-state index in [1.54, 1.807) is 36.5 Å². The molecule has 34 heavy (non-hydrogen) atoms. The largest absolute Gasteiger partial charge is 0.471 e. The van der Waals surface area contributed by atoms with Crippen LogP contribution in [0.4, 0.5) is 11.6 Å². The normalized spacial score (nSPS) is 11.1. The minimum Gasteiger partial charge on any atom is -0.471 e. The number of aromatic nitrogens is 4. The fourth-order valence-corrected chi connectivity index (χ4v) is 4.09. The van der Waals surface area contributed by atoms with E-state index in [2.05, 4.69) is 25.1 Å². The van der Waals surface area contributed by atoms with Gasteiger partial charge in [-0.05, 0) is 67.1 Å². The summed E-state index contributed by atoms with van der Waals surface area (Å²) >= 11 is 5.95. The third kappa shape index (κ3) is 5.69. The van der Waals surface area contributed by atoms with Crippen molar-refractivity contribution in [3.63, 3.8) is 0 Å². The van der Waals surface area contributed by atoms with Crippen molar-refractivity contribution in [1.29, 1.82) is 0 Å². The van der Waals surface area contributed by atoms with Gasteiger partial charge in [-0.25, -0.2) is 27.8 Å². The fraction of sp³-hybridized carbons (Fsp3) is 0.0909. The first-order chi connectivity index (χ1) is 16.3. The lowest BCUT2D eigenvalue weighted by Crippen LogP contribution is -2.16. The number of aryl methyl sites for hydroxylation is 1. The number of ether oxygens (including phenoxy) is 1. The maximum Gasteiger partial charge on any atom is 0.276 e. The van der Waals surface area contributed by atoms with Crippen molar-refractivity contribution in [2.24, 2.45) is 0 Å². The molecule has 0 spiro atoms. The average molecular weight is 499 g/mol. The molecule has 4 aromatic rings. The monoisotopic (exact) mass is 498 g/mol. The molecule has 0 radical (unpaired) electrons. The van der Waals surface area contributed by atoms with Gasteiger partial charge < -0.3 is 10.1 Å². The molecule has 2 aromatic heterocycles. The van der Waals surface area contributed by atoms with Crippen LogP contribution >= 0.6 is 11.6 Å². The first-order valence-electron chi connectivity index (χ1n) is 9.94. The highest BCUT2D eigenvalue weighted by atomic mass is 35.5. The molecule has 0 unspecified atom stereocenters. The minimum atomic E-state index is -3.87. The van der Waals surface area contributed by atoms with Crippen LogP contribution in [0.15, 0.2) is 78.1 Å². The second kappa shape index (κ2) is 9.89. The van der Waals surface area contributed by atoms with Crippen molar-refractivity contribution in [1.82, 2.24) is 19.7 Å². The van der Waals surface area contributed by atoms with Crippen LogP contribution in [0.2, 0.25) is 5.02 Å². The molecule has 0 aliphatic heterocycles. The van der Waals surface area contributed by atoms with E-state index in [1.807, 2.05) is 6.92 Å². The Hall–Kier alpha value is -3.96. The van der Waals surface area contributed by atoms with Crippen molar-refractivity contribution in [3.8, 4) is 5.75 Å². The second-order valence-electron chi connectivity index (χ2n) is 7.08. The van der Waals surface area contributed by atoms with E-state index in [-0.39, 0.29) is 23.3 Å². The van der Waals surface area contributed by atoms with Gasteiger partial charge in [0.1, 0.15) is 5.75 Å². The lowest BCUT2D eigenvalue weighted by atomic mass is 10.2. The van der Waals surface area contributed by atoms with Gasteiger partial charge >= 0.3 is 0 Å². The maximum atomic E-state index is 12.5. The van der Waals surface area contributed by atoms with E-state index in [9.17, 15) is 13.2 Å². The third-order valence-corrected chi connectivity index (χ3v) is 6.16. The summed E-state index contributed by atoms with van der Waals surface area (Å²) in [6, 6.07) is 14.1. The number of nitrogens with one attached hydrogen (secondary N) is 2. The zero-order valence-electron chi connectivity index (χ0n) is 17.8. The zero-order valence-corrected chi connectivity index (χ0v) is 19.4. The van der Waals surface area contributed by atoms with Gasteiger partial charge in [-0.3, -0.25) is 4.79 Å². The van der Waals surface area contributed by atoms with Crippen LogP contribution in [0.1, 0.15) is 16.1 Å². The first-order valence-corrected chi connectivity index (χ1v) is 11.8. The first kappa shape index (κ1) is 23.2. The number of hydrogen-bond donors (Lipinski definition) is 2. The number of sulfonamides is 1. The lowest BCUT2D eigenvalue weighted by molar-refractivity contribution is 0.102. The van der Waals surface area contributed by atoms with Crippen LogP contribution < -0.4 is 14.8 Å². The minimum absolute atomic E-state index is 0.00290. The molecule has 174 valence electrons.